The SMILES string of the molecule is C=CC(=O)OC(C)(C)CC(C)(C)Oc1ccc2cc(-c3cc(C(C)C)ccc3CC)c(=O)oc2c1. The first-order chi connectivity index (χ1) is 16.3. The second-order valence-corrected chi connectivity index (χ2v) is 10.5. The Hall–Kier alpha value is -3.34. The molecule has 0 aliphatic carbocycles. The van der Waals surface area contributed by atoms with Gasteiger partial charge in [-0.3, -0.25) is 0 Å². The summed E-state index contributed by atoms with van der Waals surface area (Å²) in [6, 6.07) is 13.7. The van der Waals surface area contributed by atoms with Crippen molar-refractivity contribution in [2.75, 3.05) is 0 Å². The van der Waals surface area contributed by atoms with Crippen molar-refractivity contribution in [3.63, 3.8) is 0 Å². The third kappa shape index (κ3) is 6.41. The molecule has 2 aromatic carbocycles. The van der Waals surface area contributed by atoms with E-state index in [1.165, 1.54) is 5.56 Å². The number of carbonyl (C=O) groups excluding carboxylic acids is 1. The maximum Gasteiger partial charge on any atom is 0.344 e. The molecule has 0 radical (unpaired) electrons. The Kier molecular flexibility index (Phi) is 7.59. The first-order valence-corrected chi connectivity index (χ1v) is 12.1. The number of benzene rings is 2. The number of esters is 1. The zero-order chi connectivity index (χ0) is 26.0. The molecule has 0 fully saturated rings. The fourth-order valence-electron chi connectivity index (χ4n) is 4.59. The van der Waals surface area contributed by atoms with Crippen LogP contribution in [0.25, 0.3) is 22.1 Å². The van der Waals surface area contributed by atoms with E-state index in [-0.39, 0.29) is 5.63 Å². The lowest BCUT2D eigenvalue weighted by molar-refractivity contribution is -0.154. The summed E-state index contributed by atoms with van der Waals surface area (Å²) in [6.07, 6.45) is 2.43. The fraction of sp³-hybridized carbons (Fsp3) is 0.400. The maximum absolute atomic E-state index is 13.0. The third-order valence-corrected chi connectivity index (χ3v) is 5.97. The summed E-state index contributed by atoms with van der Waals surface area (Å²) >= 11 is 0. The van der Waals surface area contributed by atoms with Gasteiger partial charge in [0, 0.05) is 23.9 Å². The number of rotatable bonds is 9. The van der Waals surface area contributed by atoms with Crippen molar-refractivity contribution in [1.29, 1.82) is 0 Å². The van der Waals surface area contributed by atoms with Gasteiger partial charge in [-0.1, -0.05) is 45.5 Å². The Bertz CT molecular complexity index is 1290. The molecule has 0 aliphatic heterocycles. The number of hydrogen-bond acceptors (Lipinski definition) is 5. The molecule has 35 heavy (non-hydrogen) atoms. The van der Waals surface area contributed by atoms with Crippen LogP contribution in [-0.2, 0) is 16.0 Å². The largest absolute Gasteiger partial charge is 0.488 e. The van der Waals surface area contributed by atoms with Crippen LogP contribution in [0.1, 0.15) is 71.9 Å². The fourth-order valence-corrected chi connectivity index (χ4v) is 4.59. The van der Waals surface area contributed by atoms with Gasteiger partial charge in [-0.15, -0.1) is 0 Å². The van der Waals surface area contributed by atoms with E-state index in [0.717, 1.165) is 29.0 Å². The van der Waals surface area contributed by atoms with E-state index in [2.05, 4.69) is 45.5 Å². The van der Waals surface area contributed by atoms with Gasteiger partial charge in [0.05, 0.1) is 5.56 Å². The summed E-state index contributed by atoms with van der Waals surface area (Å²) in [5.41, 5.74) is 2.49. The summed E-state index contributed by atoms with van der Waals surface area (Å²) in [4.78, 5) is 24.7. The van der Waals surface area contributed by atoms with Gasteiger partial charge in [0.1, 0.15) is 22.5 Å². The predicted molar refractivity (Wildman–Crippen MR) is 141 cm³/mol. The summed E-state index contributed by atoms with van der Waals surface area (Å²) in [6.45, 7) is 17.3. The number of carbonyl (C=O) groups is 1. The first kappa shape index (κ1) is 26.3. The molecule has 0 unspecified atom stereocenters. The lowest BCUT2D eigenvalue weighted by atomic mass is 9.92. The van der Waals surface area contributed by atoms with Gasteiger partial charge in [0.2, 0.25) is 0 Å². The minimum Gasteiger partial charge on any atom is -0.488 e. The van der Waals surface area contributed by atoms with E-state index < -0.39 is 17.2 Å². The van der Waals surface area contributed by atoms with Crippen LogP contribution in [0.5, 0.6) is 5.75 Å². The van der Waals surface area contributed by atoms with Crippen LogP contribution in [0.2, 0.25) is 0 Å². The van der Waals surface area contributed by atoms with Crippen LogP contribution >= 0.6 is 0 Å². The van der Waals surface area contributed by atoms with Crippen molar-refractivity contribution in [3.8, 4) is 16.9 Å². The number of aryl methyl sites for hydroxylation is 1. The highest BCUT2D eigenvalue weighted by Crippen LogP contribution is 2.32. The average Bonchev–Trinajstić information content (AvgIpc) is 2.76. The van der Waals surface area contributed by atoms with E-state index in [4.69, 9.17) is 13.9 Å². The maximum atomic E-state index is 13.0. The Labute approximate surface area is 207 Å². The Balaban J connectivity index is 1.93. The second kappa shape index (κ2) is 10.1. The van der Waals surface area contributed by atoms with Gasteiger partial charge in [-0.2, -0.15) is 0 Å². The van der Waals surface area contributed by atoms with E-state index in [1.807, 2.05) is 45.9 Å². The molecule has 0 saturated heterocycles. The summed E-state index contributed by atoms with van der Waals surface area (Å²) < 4.78 is 17.4. The standard InChI is InChI=1S/C30H36O5/c1-9-20-11-12-21(19(3)4)15-24(20)25-16-22-13-14-23(17-26(22)33-28(25)32)34-29(5,6)18-30(7,8)35-27(31)10-2/h10-17,19H,2,9,18H2,1,3-8H3. The Morgan fingerprint density at radius 2 is 1.74 bits per heavy atom. The zero-order valence-electron chi connectivity index (χ0n) is 21.9. The molecule has 3 rings (SSSR count). The molecular formula is C30H36O5. The highest BCUT2D eigenvalue weighted by Gasteiger charge is 2.33. The van der Waals surface area contributed by atoms with Crippen LogP contribution < -0.4 is 10.4 Å². The molecule has 0 saturated carbocycles. The van der Waals surface area contributed by atoms with Gasteiger partial charge >= 0.3 is 11.6 Å². The molecular weight excluding hydrogens is 440 g/mol. The van der Waals surface area contributed by atoms with Gasteiger partial charge in [-0.25, -0.2) is 9.59 Å². The molecule has 5 nitrogen and oxygen atoms in total. The van der Waals surface area contributed by atoms with Crippen LogP contribution in [0.4, 0.5) is 0 Å². The van der Waals surface area contributed by atoms with Crippen molar-refractivity contribution in [2.24, 2.45) is 0 Å². The monoisotopic (exact) mass is 476 g/mol. The molecule has 0 N–H and O–H groups in total. The van der Waals surface area contributed by atoms with Crippen LogP contribution in [0, 0.1) is 0 Å². The van der Waals surface area contributed by atoms with Crippen molar-refractivity contribution in [3.05, 3.63) is 76.7 Å². The summed E-state index contributed by atoms with van der Waals surface area (Å²) in [7, 11) is 0. The van der Waals surface area contributed by atoms with Crippen LogP contribution in [-0.4, -0.2) is 17.2 Å². The Morgan fingerprint density at radius 3 is 2.37 bits per heavy atom. The summed E-state index contributed by atoms with van der Waals surface area (Å²) in [5.74, 6) is 0.458. The van der Waals surface area contributed by atoms with E-state index in [0.29, 0.717) is 29.2 Å². The number of hydrogen-bond donors (Lipinski definition) is 0. The lowest BCUT2D eigenvalue weighted by Gasteiger charge is -2.34. The molecule has 1 heterocycles. The highest BCUT2D eigenvalue weighted by molar-refractivity contribution is 5.83. The number of ether oxygens (including phenoxy) is 2. The quantitative estimate of drug-likeness (QED) is 0.186. The normalized spacial score (nSPS) is 12.1. The van der Waals surface area contributed by atoms with Crippen LogP contribution in [0.15, 0.2) is 64.3 Å². The predicted octanol–water partition coefficient (Wildman–Crippen LogP) is 7.20. The van der Waals surface area contributed by atoms with Gasteiger partial charge in [0.15, 0.2) is 0 Å². The molecule has 186 valence electrons. The van der Waals surface area contributed by atoms with Gasteiger partial charge in [-0.05, 0) is 74.9 Å². The van der Waals surface area contributed by atoms with Crippen molar-refractivity contribution >= 4 is 16.9 Å². The third-order valence-electron chi connectivity index (χ3n) is 5.97. The van der Waals surface area contributed by atoms with E-state index in [1.54, 1.807) is 6.07 Å². The minimum absolute atomic E-state index is 0.362. The van der Waals surface area contributed by atoms with Crippen LogP contribution in [0.3, 0.4) is 0 Å². The first-order valence-electron chi connectivity index (χ1n) is 12.1. The van der Waals surface area contributed by atoms with Crippen molar-refractivity contribution < 1.29 is 18.7 Å². The summed E-state index contributed by atoms with van der Waals surface area (Å²) in [5, 5.41) is 0.821. The lowest BCUT2D eigenvalue weighted by Crippen LogP contribution is -2.40. The van der Waals surface area contributed by atoms with Crippen molar-refractivity contribution in [2.45, 2.75) is 78.4 Å². The number of fused-ring (bicyclic) bond motifs is 1. The molecule has 0 amide bonds. The topological polar surface area (TPSA) is 65.7 Å². The second-order valence-electron chi connectivity index (χ2n) is 10.5. The van der Waals surface area contributed by atoms with Gasteiger partial charge < -0.3 is 13.9 Å². The molecule has 1 aromatic heterocycles. The average molecular weight is 477 g/mol. The molecule has 0 bridgehead atoms. The van der Waals surface area contributed by atoms with E-state index in [9.17, 15) is 9.59 Å². The minimum atomic E-state index is -0.741. The van der Waals surface area contributed by atoms with Crippen molar-refractivity contribution in [1.82, 2.24) is 0 Å². The van der Waals surface area contributed by atoms with E-state index >= 15 is 0 Å². The smallest absolute Gasteiger partial charge is 0.344 e. The molecule has 3 aromatic rings. The highest BCUT2D eigenvalue weighted by atomic mass is 16.6. The molecule has 0 aliphatic rings. The Morgan fingerprint density at radius 1 is 1.03 bits per heavy atom. The zero-order valence-corrected chi connectivity index (χ0v) is 21.9. The molecule has 0 atom stereocenters. The van der Waals surface area contributed by atoms with Gasteiger partial charge in [0.25, 0.3) is 0 Å². The molecule has 5 heteroatoms. The molecule has 0 spiro atoms.